The lowest BCUT2D eigenvalue weighted by atomic mass is 9.95. The summed E-state index contributed by atoms with van der Waals surface area (Å²) in [5.41, 5.74) is 2.55. The van der Waals surface area contributed by atoms with Crippen molar-refractivity contribution in [2.45, 2.75) is 65.1 Å². The van der Waals surface area contributed by atoms with Crippen LogP contribution in [0.5, 0.6) is 5.75 Å². The van der Waals surface area contributed by atoms with E-state index in [2.05, 4.69) is 38.6 Å². The predicted octanol–water partition coefficient (Wildman–Crippen LogP) is 5.44. The standard InChI is InChI=1S/C22H32O3/c1-5-18-12-21(25-16(18)4)15(3)13-23-14-17-7-10-20(19-8-9-19)22(11-17)24-6-2/h7,10-11,15,18-19,21H,4-6,8-9,12-14H2,1-3H3. The van der Waals surface area contributed by atoms with Crippen molar-refractivity contribution < 1.29 is 14.2 Å². The summed E-state index contributed by atoms with van der Waals surface area (Å²) in [5, 5.41) is 0. The molecule has 0 amide bonds. The number of allylic oxidation sites excluding steroid dienone is 1. The van der Waals surface area contributed by atoms with E-state index in [0.717, 1.165) is 24.4 Å². The van der Waals surface area contributed by atoms with Gasteiger partial charge in [-0.25, -0.2) is 0 Å². The van der Waals surface area contributed by atoms with Gasteiger partial charge in [0, 0.05) is 11.8 Å². The van der Waals surface area contributed by atoms with Crippen molar-refractivity contribution in [3.63, 3.8) is 0 Å². The van der Waals surface area contributed by atoms with E-state index in [1.54, 1.807) is 0 Å². The Morgan fingerprint density at radius 1 is 1.28 bits per heavy atom. The quantitative estimate of drug-likeness (QED) is 0.596. The molecule has 0 aromatic heterocycles. The van der Waals surface area contributed by atoms with Crippen molar-refractivity contribution in [1.29, 1.82) is 0 Å². The summed E-state index contributed by atoms with van der Waals surface area (Å²) >= 11 is 0. The van der Waals surface area contributed by atoms with Crippen LogP contribution >= 0.6 is 0 Å². The second-order valence-electron chi connectivity index (χ2n) is 7.54. The molecule has 1 aromatic rings. The summed E-state index contributed by atoms with van der Waals surface area (Å²) in [6.07, 6.45) is 5.01. The number of hydrogen-bond donors (Lipinski definition) is 0. The Bertz CT molecular complexity index is 591. The molecule has 0 N–H and O–H groups in total. The summed E-state index contributed by atoms with van der Waals surface area (Å²) in [7, 11) is 0. The van der Waals surface area contributed by atoms with Crippen molar-refractivity contribution in [2.24, 2.45) is 11.8 Å². The van der Waals surface area contributed by atoms with Crippen molar-refractivity contribution >= 4 is 0 Å². The van der Waals surface area contributed by atoms with Gasteiger partial charge in [0.15, 0.2) is 0 Å². The van der Waals surface area contributed by atoms with Gasteiger partial charge in [-0.2, -0.15) is 0 Å². The van der Waals surface area contributed by atoms with Crippen LogP contribution in [-0.2, 0) is 16.1 Å². The Morgan fingerprint density at radius 2 is 2.08 bits per heavy atom. The Balaban J connectivity index is 1.50. The SMILES string of the molecule is C=C1OC(C(C)COCc2ccc(C3CC3)c(OCC)c2)CC1CC. The molecule has 2 aliphatic rings. The molecule has 138 valence electrons. The molecule has 1 aromatic carbocycles. The predicted molar refractivity (Wildman–Crippen MR) is 101 cm³/mol. The van der Waals surface area contributed by atoms with Gasteiger partial charge in [0.25, 0.3) is 0 Å². The molecular weight excluding hydrogens is 312 g/mol. The molecule has 1 aliphatic heterocycles. The molecule has 3 nitrogen and oxygen atoms in total. The summed E-state index contributed by atoms with van der Waals surface area (Å²) in [4.78, 5) is 0. The van der Waals surface area contributed by atoms with Gasteiger partial charge < -0.3 is 14.2 Å². The van der Waals surface area contributed by atoms with Crippen molar-refractivity contribution in [1.82, 2.24) is 0 Å². The molecule has 25 heavy (non-hydrogen) atoms. The minimum absolute atomic E-state index is 0.244. The third-order valence-electron chi connectivity index (χ3n) is 5.45. The maximum atomic E-state index is 5.98. The highest BCUT2D eigenvalue weighted by atomic mass is 16.5. The van der Waals surface area contributed by atoms with Crippen molar-refractivity contribution in [3.05, 3.63) is 41.7 Å². The van der Waals surface area contributed by atoms with Gasteiger partial charge in [-0.1, -0.05) is 32.6 Å². The number of hydrogen-bond acceptors (Lipinski definition) is 3. The second kappa shape index (κ2) is 8.27. The Hall–Kier alpha value is -1.48. The van der Waals surface area contributed by atoms with Crippen LogP contribution in [0.1, 0.15) is 63.5 Å². The number of benzene rings is 1. The Morgan fingerprint density at radius 3 is 2.72 bits per heavy atom. The van der Waals surface area contributed by atoms with Crippen LogP contribution in [0.3, 0.4) is 0 Å². The lowest BCUT2D eigenvalue weighted by Gasteiger charge is -2.19. The fraction of sp³-hybridized carbons (Fsp3) is 0.636. The van der Waals surface area contributed by atoms with Crippen LogP contribution in [-0.4, -0.2) is 19.3 Å². The third-order valence-corrected chi connectivity index (χ3v) is 5.45. The van der Waals surface area contributed by atoms with Gasteiger partial charge in [-0.15, -0.1) is 0 Å². The van der Waals surface area contributed by atoms with E-state index >= 15 is 0 Å². The Kier molecular flexibility index (Phi) is 6.06. The van der Waals surface area contributed by atoms with Gasteiger partial charge >= 0.3 is 0 Å². The van der Waals surface area contributed by atoms with Gasteiger partial charge in [0.05, 0.1) is 25.6 Å². The molecule has 3 atom stereocenters. The minimum atomic E-state index is 0.244. The van der Waals surface area contributed by atoms with Crippen molar-refractivity contribution in [2.75, 3.05) is 13.2 Å². The van der Waals surface area contributed by atoms with E-state index in [1.807, 2.05) is 6.92 Å². The maximum absolute atomic E-state index is 5.98. The summed E-state index contributed by atoms with van der Waals surface area (Å²) in [5.74, 6) is 3.59. The highest BCUT2D eigenvalue weighted by Gasteiger charge is 2.32. The maximum Gasteiger partial charge on any atom is 0.123 e. The van der Waals surface area contributed by atoms with E-state index in [0.29, 0.717) is 37.6 Å². The van der Waals surface area contributed by atoms with Gasteiger partial charge in [-0.3, -0.25) is 0 Å². The normalized spacial score (nSPS) is 24.2. The third kappa shape index (κ3) is 4.58. The van der Waals surface area contributed by atoms with E-state index in [4.69, 9.17) is 14.2 Å². The van der Waals surface area contributed by atoms with Crippen LogP contribution in [0.15, 0.2) is 30.5 Å². The van der Waals surface area contributed by atoms with Crippen LogP contribution in [0.25, 0.3) is 0 Å². The first-order valence-electron chi connectivity index (χ1n) is 9.81. The topological polar surface area (TPSA) is 27.7 Å². The van der Waals surface area contributed by atoms with Gasteiger partial charge in [0.2, 0.25) is 0 Å². The molecule has 2 fully saturated rings. The highest BCUT2D eigenvalue weighted by Crippen LogP contribution is 2.44. The number of ether oxygens (including phenoxy) is 3. The lowest BCUT2D eigenvalue weighted by molar-refractivity contribution is 0.0293. The van der Waals surface area contributed by atoms with Crippen LogP contribution in [0.4, 0.5) is 0 Å². The van der Waals surface area contributed by atoms with E-state index in [-0.39, 0.29) is 6.10 Å². The molecule has 0 spiro atoms. The average Bonchev–Trinajstić information content (AvgIpc) is 3.37. The fourth-order valence-electron chi connectivity index (χ4n) is 3.64. The zero-order chi connectivity index (χ0) is 17.8. The first-order chi connectivity index (χ1) is 12.1. The molecule has 3 heteroatoms. The summed E-state index contributed by atoms with van der Waals surface area (Å²) < 4.78 is 17.8. The van der Waals surface area contributed by atoms with Crippen LogP contribution in [0, 0.1) is 11.8 Å². The fourth-order valence-corrected chi connectivity index (χ4v) is 3.64. The summed E-state index contributed by atoms with van der Waals surface area (Å²) in [6, 6.07) is 6.56. The van der Waals surface area contributed by atoms with Gasteiger partial charge in [-0.05, 0) is 55.7 Å². The molecule has 0 radical (unpaired) electrons. The van der Waals surface area contributed by atoms with E-state index in [9.17, 15) is 0 Å². The molecule has 1 saturated heterocycles. The largest absolute Gasteiger partial charge is 0.495 e. The van der Waals surface area contributed by atoms with Gasteiger partial charge in [0.1, 0.15) is 11.9 Å². The smallest absolute Gasteiger partial charge is 0.123 e. The van der Waals surface area contributed by atoms with Crippen LogP contribution in [0.2, 0.25) is 0 Å². The Labute approximate surface area is 152 Å². The molecule has 1 saturated carbocycles. The highest BCUT2D eigenvalue weighted by molar-refractivity contribution is 5.41. The average molecular weight is 344 g/mol. The molecule has 3 unspecified atom stereocenters. The monoisotopic (exact) mass is 344 g/mol. The minimum Gasteiger partial charge on any atom is -0.495 e. The zero-order valence-electron chi connectivity index (χ0n) is 15.9. The van der Waals surface area contributed by atoms with E-state index < -0.39 is 0 Å². The molecule has 3 rings (SSSR count). The first-order valence-corrected chi connectivity index (χ1v) is 9.81. The number of rotatable bonds is 9. The lowest BCUT2D eigenvalue weighted by Crippen LogP contribution is -2.21. The van der Waals surface area contributed by atoms with E-state index in [1.165, 1.54) is 24.0 Å². The molecule has 1 aliphatic carbocycles. The second-order valence-corrected chi connectivity index (χ2v) is 7.54. The summed E-state index contributed by atoms with van der Waals surface area (Å²) in [6.45, 7) is 12.5. The van der Waals surface area contributed by atoms with Crippen LogP contribution < -0.4 is 4.74 Å². The zero-order valence-corrected chi connectivity index (χ0v) is 15.9. The molecular formula is C22H32O3. The van der Waals surface area contributed by atoms with Crippen molar-refractivity contribution in [3.8, 4) is 5.75 Å². The molecule has 0 bridgehead atoms. The molecule has 1 heterocycles. The first kappa shape index (κ1) is 18.3.